The van der Waals surface area contributed by atoms with Crippen LogP contribution in [0.25, 0.3) is 0 Å². The third kappa shape index (κ3) is 5.23. The van der Waals surface area contributed by atoms with Crippen molar-refractivity contribution in [2.45, 2.75) is 33.2 Å². The van der Waals surface area contributed by atoms with E-state index < -0.39 is 10.0 Å². The second-order valence-electron chi connectivity index (χ2n) is 6.52. The van der Waals surface area contributed by atoms with E-state index in [-0.39, 0.29) is 11.9 Å². The summed E-state index contributed by atoms with van der Waals surface area (Å²) in [6.07, 6.45) is 1.80. The number of aryl methyl sites for hydroxylation is 1. The van der Waals surface area contributed by atoms with Gasteiger partial charge in [-0.25, -0.2) is 8.42 Å². The molecule has 0 radical (unpaired) electrons. The number of benzene rings is 2. The predicted molar refractivity (Wildman–Crippen MR) is 108 cm³/mol. The van der Waals surface area contributed by atoms with Gasteiger partial charge in [0.05, 0.1) is 25.1 Å². The lowest BCUT2D eigenvalue weighted by Gasteiger charge is -2.20. The van der Waals surface area contributed by atoms with Crippen LogP contribution in [0.4, 0.5) is 5.69 Å². The summed E-state index contributed by atoms with van der Waals surface area (Å²) >= 11 is 0. The van der Waals surface area contributed by atoms with Gasteiger partial charge in [0.25, 0.3) is 5.91 Å². The Morgan fingerprint density at radius 3 is 2.44 bits per heavy atom. The highest BCUT2D eigenvalue weighted by Gasteiger charge is 2.18. The number of methoxy groups -OCH3 is 1. The molecular formula is C20H26N2O4S. The highest BCUT2D eigenvalue weighted by Crippen LogP contribution is 2.25. The van der Waals surface area contributed by atoms with Gasteiger partial charge in [0.1, 0.15) is 5.75 Å². The van der Waals surface area contributed by atoms with E-state index in [1.807, 2.05) is 32.0 Å². The zero-order valence-corrected chi connectivity index (χ0v) is 17.1. The summed E-state index contributed by atoms with van der Waals surface area (Å²) < 4.78 is 30.7. The largest absolute Gasteiger partial charge is 0.496 e. The standard InChI is InChI=1S/C20H26N2O4S/c1-6-17(15-10-11-19(26-4)13(2)12-15)21-20(23)16-8-7-9-18(14(16)3)22-27(5,24)25/h7-12,17,22H,6H2,1-5H3,(H,21,23)/t17-/m0/s1. The van der Waals surface area contributed by atoms with Crippen LogP contribution in [0.2, 0.25) is 0 Å². The summed E-state index contributed by atoms with van der Waals surface area (Å²) in [4.78, 5) is 12.8. The molecule has 1 atom stereocenters. The molecule has 0 saturated heterocycles. The van der Waals surface area contributed by atoms with Crippen LogP contribution in [0.5, 0.6) is 5.75 Å². The molecule has 0 aliphatic carbocycles. The number of hydrogen-bond acceptors (Lipinski definition) is 4. The number of carbonyl (C=O) groups is 1. The van der Waals surface area contributed by atoms with E-state index in [1.54, 1.807) is 32.2 Å². The second kappa shape index (κ2) is 8.43. The number of amides is 1. The van der Waals surface area contributed by atoms with Gasteiger partial charge in [-0.15, -0.1) is 0 Å². The fourth-order valence-corrected chi connectivity index (χ4v) is 3.59. The molecule has 2 rings (SSSR count). The molecule has 0 unspecified atom stereocenters. The number of ether oxygens (including phenoxy) is 1. The average molecular weight is 391 g/mol. The van der Waals surface area contributed by atoms with Crippen LogP contribution < -0.4 is 14.8 Å². The van der Waals surface area contributed by atoms with E-state index in [0.717, 1.165) is 29.6 Å². The van der Waals surface area contributed by atoms with Crippen LogP contribution in [-0.4, -0.2) is 27.7 Å². The second-order valence-corrected chi connectivity index (χ2v) is 8.26. The maximum Gasteiger partial charge on any atom is 0.252 e. The van der Waals surface area contributed by atoms with Crippen molar-refractivity contribution in [3.05, 3.63) is 58.7 Å². The summed E-state index contributed by atoms with van der Waals surface area (Å²) in [7, 11) is -1.79. The number of rotatable bonds is 7. The van der Waals surface area contributed by atoms with Gasteiger partial charge in [-0.05, 0) is 55.2 Å². The van der Waals surface area contributed by atoms with Gasteiger partial charge in [-0.1, -0.05) is 25.1 Å². The Morgan fingerprint density at radius 1 is 1.19 bits per heavy atom. The van der Waals surface area contributed by atoms with Gasteiger partial charge in [-0.3, -0.25) is 9.52 Å². The maximum absolute atomic E-state index is 12.8. The molecule has 2 N–H and O–H groups in total. The molecular weight excluding hydrogens is 364 g/mol. The molecule has 1 amide bonds. The Kier molecular flexibility index (Phi) is 6.49. The van der Waals surface area contributed by atoms with Crippen molar-refractivity contribution in [3.8, 4) is 5.75 Å². The van der Waals surface area contributed by atoms with Crippen LogP contribution in [0.3, 0.4) is 0 Å². The minimum Gasteiger partial charge on any atom is -0.496 e. The lowest BCUT2D eigenvalue weighted by atomic mass is 10.00. The highest BCUT2D eigenvalue weighted by atomic mass is 32.2. The molecule has 146 valence electrons. The fraction of sp³-hybridized carbons (Fsp3) is 0.350. The van der Waals surface area contributed by atoms with Crippen molar-refractivity contribution in [2.24, 2.45) is 0 Å². The molecule has 0 aliphatic heterocycles. The first-order chi connectivity index (χ1) is 12.7. The van der Waals surface area contributed by atoms with Crippen LogP contribution in [0.1, 0.15) is 46.4 Å². The monoisotopic (exact) mass is 390 g/mol. The minimum absolute atomic E-state index is 0.159. The molecule has 0 aliphatic rings. The molecule has 0 fully saturated rings. The Hall–Kier alpha value is -2.54. The van der Waals surface area contributed by atoms with Crippen LogP contribution in [-0.2, 0) is 10.0 Å². The summed E-state index contributed by atoms with van der Waals surface area (Å²) in [5, 5.41) is 3.04. The molecule has 7 heteroatoms. The predicted octanol–water partition coefficient (Wildman–Crippen LogP) is 3.56. The number of carbonyl (C=O) groups excluding carboxylic acids is 1. The maximum atomic E-state index is 12.8. The van der Waals surface area contributed by atoms with E-state index in [2.05, 4.69) is 10.0 Å². The van der Waals surface area contributed by atoms with Gasteiger partial charge in [0, 0.05) is 5.56 Å². The Labute approximate surface area is 161 Å². The van der Waals surface area contributed by atoms with E-state index >= 15 is 0 Å². The average Bonchev–Trinajstić information content (AvgIpc) is 2.60. The number of anilines is 1. The molecule has 2 aromatic carbocycles. The number of nitrogens with one attached hydrogen (secondary N) is 2. The van der Waals surface area contributed by atoms with Gasteiger partial charge >= 0.3 is 0 Å². The SMILES string of the molecule is CC[C@H](NC(=O)c1cccc(NS(C)(=O)=O)c1C)c1ccc(OC)c(C)c1. The quantitative estimate of drug-likeness (QED) is 0.757. The van der Waals surface area contributed by atoms with Crippen LogP contribution >= 0.6 is 0 Å². The first-order valence-corrected chi connectivity index (χ1v) is 10.6. The molecule has 0 heterocycles. The third-order valence-electron chi connectivity index (χ3n) is 4.41. The molecule has 6 nitrogen and oxygen atoms in total. The zero-order chi connectivity index (χ0) is 20.2. The van der Waals surface area contributed by atoms with Crippen molar-refractivity contribution < 1.29 is 17.9 Å². The van der Waals surface area contributed by atoms with Crippen molar-refractivity contribution >= 4 is 21.6 Å². The van der Waals surface area contributed by atoms with E-state index in [1.165, 1.54) is 0 Å². The molecule has 0 bridgehead atoms. The first kappa shape index (κ1) is 20.8. The molecule has 27 heavy (non-hydrogen) atoms. The Morgan fingerprint density at radius 2 is 1.89 bits per heavy atom. The van der Waals surface area contributed by atoms with Gasteiger partial charge in [-0.2, -0.15) is 0 Å². The topological polar surface area (TPSA) is 84.5 Å². The van der Waals surface area contributed by atoms with Crippen molar-refractivity contribution in [1.82, 2.24) is 5.32 Å². The summed E-state index contributed by atoms with van der Waals surface area (Å²) in [6, 6.07) is 10.7. The smallest absolute Gasteiger partial charge is 0.252 e. The van der Waals surface area contributed by atoms with Crippen molar-refractivity contribution in [1.29, 1.82) is 0 Å². The molecule has 0 aromatic heterocycles. The van der Waals surface area contributed by atoms with Gasteiger partial charge in [0.2, 0.25) is 10.0 Å². The number of sulfonamides is 1. The first-order valence-electron chi connectivity index (χ1n) is 8.69. The number of hydrogen-bond donors (Lipinski definition) is 2. The molecule has 2 aromatic rings. The zero-order valence-electron chi connectivity index (χ0n) is 16.3. The van der Waals surface area contributed by atoms with Crippen LogP contribution in [0.15, 0.2) is 36.4 Å². The summed E-state index contributed by atoms with van der Waals surface area (Å²) in [6.45, 7) is 5.68. The van der Waals surface area contributed by atoms with E-state index in [4.69, 9.17) is 4.74 Å². The Balaban J connectivity index is 2.27. The normalized spacial score (nSPS) is 12.3. The fourth-order valence-electron chi connectivity index (χ4n) is 2.97. The van der Waals surface area contributed by atoms with Crippen molar-refractivity contribution in [3.63, 3.8) is 0 Å². The summed E-state index contributed by atoms with van der Waals surface area (Å²) in [5.74, 6) is 0.556. The van der Waals surface area contributed by atoms with E-state index in [0.29, 0.717) is 16.8 Å². The van der Waals surface area contributed by atoms with Crippen LogP contribution in [0, 0.1) is 13.8 Å². The lowest BCUT2D eigenvalue weighted by molar-refractivity contribution is 0.0935. The van der Waals surface area contributed by atoms with Gasteiger partial charge < -0.3 is 10.1 Å². The van der Waals surface area contributed by atoms with Gasteiger partial charge in [0.15, 0.2) is 0 Å². The third-order valence-corrected chi connectivity index (χ3v) is 5.00. The Bertz CT molecular complexity index is 939. The highest BCUT2D eigenvalue weighted by molar-refractivity contribution is 7.92. The summed E-state index contributed by atoms with van der Waals surface area (Å²) in [5.41, 5.74) is 3.41. The van der Waals surface area contributed by atoms with Crippen molar-refractivity contribution in [2.75, 3.05) is 18.1 Å². The lowest BCUT2D eigenvalue weighted by Crippen LogP contribution is -2.29. The molecule has 0 spiro atoms. The van der Waals surface area contributed by atoms with E-state index in [9.17, 15) is 13.2 Å². The minimum atomic E-state index is -3.42. The molecule has 0 saturated carbocycles.